The largest absolute Gasteiger partial charge is 0.465 e. The fraction of sp³-hybridized carbons (Fsp3) is 0.333. The Morgan fingerprint density at radius 3 is 2.04 bits per heavy atom. The van der Waals surface area contributed by atoms with Gasteiger partial charge in [-0.2, -0.15) is 0 Å². The molecule has 0 amide bonds. The van der Waals surface area contributed by atoms with E-state index in [2.05, 4.69) is 0 Å². The van der Waals surface area contributed by atoms with E-state index in [1.807, 2.05) is 67.6 Å². The van der Waals surface area contributed by atoms with Gasteiger partial charge in [0.05, 0.1) is 13.2 Å². The summed E-state index contributed by atoms with van der Waals surface area (Å²) in [5.41, 5.74) is 2.02. The van der Waals surface area contributed by atoms with Crippen LogP contribution in [0.15, 0.2) is 60.7 Å². The molecule has 0 saturated heterocycles. The first-order valence-corrected chi connectivity index (χ1v) is 9.72. The van der Waals surface area contributed by atoms with Gasteiger partial charge in [0.15, 0.2) is 5.41 Å². The van der Waals surface area contributed by atoms with Crippen molar-refractivity contribution < 1.29 is 19.1 Å². The Hall–Kier alpha value is -2.88. The van der Waals surface area contributed by atoms with Gasteiger partial charge in [-0.15, -0.1) is 0 Å². The second kappa shape index (κ2) is 8.42. The van der Waals surface area contributed by atoms with E-state index in [0.717, 1.165) is 16.7 Å². The van der Waals surface area contributed by atoms with Crippen molar-refractivity contribution in [2.24, 2.45) is 5.41 Å². The minimum absolute atomic E-state index is 0.197. The smallest absolute Gasteiger partial charge is 0.328 e. The maximum Gasteiger partial charge on any atom is 0.328 e. The van der Waals surface area contributed by atoms with Crippen LogP contribution in [0.25, 0.3) is 5.57 Å². The zero-order valence-corrected chi connectivity index (χ0v) is 16.6. The molecular formula is C24H26O4. The van der Waals surface area contributed by atoms with Crippen molar-refractivity contribution in [2.75, 3.05) is 13.2 Å². The lowest BCUT2D eigenvalue weighted by Crippen LogP contribution is -2.45. The Kier molecular flexibility index (Phi) is 5.98. The standard InChI is InChI=1S/C24H26O4/c1-4-27-22(25)24(23(26)28-5-2)20(18-9-7-6-8-10-18)15-16-21(24)19-13-11-17(3)12-14-19/h6-14,16,20H,4-5,15H2,1-3H3/t20-/m0/s1. The van der Waals surface area contributed by atoms with E-state index in [0.29, 0.717) is 12.0 Å². The average Bonchev–Trinajstić information content (AvgIpc) is 3.11. The molecule has 2 aromatic rings. The molecule has 4 heteroatoms. The molecule has 0 bridgehead atoms. The lowest BCUT2D eigenvalue weighted by Gasteiger charge is -2.34. The third-order valence-corrected chi connectivity index (χ3v) is 5.26. The van der Waals surface area contributed by atoms with Crippen LogP contribution in [0.5, 0.6) is 0 Å². The Balaban J connectivity index is 2.21. The van der Waals surface area contributed by atoms with Gasteiger partial charge < -0.3 is 9.47 Å². The number of hydrogen-bond donors (Lipinski definition) is 0. The monoisotopic (exact) mass is 378 g/mol. The van der Waals surface area contributed by atoms with Gasteiger partial charge in [0, 0.05) is 5.92 Å². The Labute approximate surface area is 166 Å². The van der Waals surface area contributed by atoms with Crippen molar-refractivity contribution in [1.29, 1.82) is 0 Å². The molecule has 0 spiro atoms. The van der Waals surface area contributed by atoms with Crippen LogP contribution in [0, 0.1) is 12.3 Å². The number of rotatable bonds is 6. The summed E-state index contributed by atoms with van der Waals surface area (Å²) in [6, 6.07) is 17.5. The Morgan fingerprint density at radius 2 is 1.50 bits per heavy atom. The minimum atomic E-state index is -1.51. The predicted octanol–water partition coefficient (Wildman–Crippen LogP) is 4.68. The first kappa shape index (κ1) is 19.9. The van der Waals surface area contributed by atoms with Gasteiger partial charge in [-0.05, 0) is 43.9 Å². The summed E-state index contributed by atoms with van der Waals surface area (Å²) >= 11 is 0. The zero-order valence-electron chi connectivity index (χ0n) is 16.6. The first-order valence-electron chi connectivity index (χ1n) is 9.72. The lowest BCUT2D eigenvalue weighted by atomic mass is 9.69. The molecule has 1 atom stereocenters. The van der Waals surface area contributed by atoms with E-state index in [1.54, 1.807) is 13.8 Å². The fourth-order valence-corrected chi connectivity index (χ4v) is 3.99. The highest BCUT2D eigenvalue weighted by Crippen LogP contribution is 2.55. The number of hydrogen-bond acceptors (Lipinski definition) is 4. The molecule has 2 aromatic carbocycles. The molecule has 28 heavy (non-hydrogen) atoms. The number of ether oxygens (including phenoxy) is 2. The van der Waals surface area contributed by atoms with E-state index < -0.39 is 17.4 Å². The summed E-state index contributed by atoms with van der Waals surface area (Å²) in [5.74, 6) is -1.47. The summed E-state index contributed by atoms with van der Waals surface area (Å²) in [6.45, 7) is 5.89. The zero-order chi connectivity index (χ0) is 20.1. The number of carbonyl (C=O) groups excluding carboxylic acids is 2. The van der Waals surface area contributed by atoms with Crippen molar-refractivity contribution in [3.8, 4) is 0 Å². The Morgan fingerprint density at radius 1 is 0.929 bits per heavy atom. The van der Waals surface area contributed by atoms with E-state index in [4.69, 9.17) is 9.47 Å². The van der Waals surface area contributed by atoms with Gasteiger partial charge in [0.2, 0.25) is 0 Å². The van der Waals surface area contributed by atoms with Crippen LogP contribution in [-0.4, -0.2) is 25.2 Å². The van der Waals surface area contributed by atoms with E-state index in [-0.39, 0.29) is 19.1 Å². The van der Waals surface area contributed by atoms with Crippen molar-refractivity contribution in [3.63, 3.8) is 0 Å². The van der Waals surface area contributed by atoms with Crippen molar-refractivity contribution in [2.45, 2.75) is 33.1 Å². The fourth-order valence-electron chi connectivity index (χ4n) is 3.99. The number of aryl methyl sites for hydroxylation is 1. The average molecular weight is 378 g/mol. The molecule has 0 unspecified atom stereocenters. The van der Waals surface area contributed by atoms with Crippen LogP contribution >= 0.6 is 0 Å². The van der Waals surface area contributed by atoms with Crippen LogP contribution in [-0.2, 0) is 19.1 Å². The quantitative estimate of drug-likeness (QED) is 0.541. The molecule has 146 valence electrons. The van der Waals surface area contributed by atoms with Gasteiger partial charge in [0.1, 0.15) is 0 Å². The SMILES string of the molecule is CCOC(=O)C1(C(=O)OCC)C(c2ccc(C)cc2)=CC[C@H]1c1ccccc1. The number of allylic oxidation sites excluding steroid dienone is 1. The molecule has 0 radical (unpaired) electrons. The summed E-state index contributed by atoms with van der Waals surface area (Å²) < 4.78 is 10.9. The van der Waals surface area contributed by atoms with Crippen LogP contribution in [0.3, 0.4) is 0 Å². The minimum Gasteiger partial charge on any atom is -0.465 e. The summed E-state index contributed by atoms with van der Waals surface area (Å²) in [6.07, 6.45) is 2.54. The molecule has 1 aliphatic rings. The molecule has 3 rings (SSSR count). The summed E-state index contributed by atoms with van der Waals surface area (Å²) in [7, 11) is 0. The Bertz CT molecular complexity index is 847. The molecule has 0 aliphatic heterocycles. The van der Waals surface area contributed by atoms with E-state index >= 15 is 0 Å². The summed E-state index contributed by atoms with van der Waals surface area (Å²) in [4.78, 5) is 26.7. The molecule has 0 fully saturated rings. The van der Waals surface area contributed by atoms with Crippen molar-refractivity contribution in [3.05, 3.63) is 77.4 Å². The second-order valence-corrected chi connectivity index (χ2v) is 6.93. The number of benzene rings is 2. The normalized spacial score (nSPS) is 17.7. The maximum absolute atomic E-state index is 13.4. The first-order chi connectivity index (χ1) is 13.6. The molecular weight excluding hydrogens is 352 g/mol. The number of carbonyl (C=O) groups is 2. The van der Waals surface area contributed by atoms with Crippen LogP contribution in [0.2, 0.25) is 0 Å². The summed E-state index contributed by atoms with van der Waals surface area (Å²) in [5, 5.41) is 0. The molecule has 1 aliphatic carbocycles. The molecule has 0 heterocycles. The molecule has 0 aromatic heterocycles. The highest BCUT2D eigenvalue weighted by atomic mass is 16.6. The second-order valence-electron chi connectivity index (χ2n) is 6.93. The highest BCUT2D eigenvalue weighted by molar-refractivity contribution is 6.14. The van der Waals surface area contributed by atoms with Crippen molar-refractivity contribution >= 4 is 17.5 Å². The van der Waals surface area contributed by atoms with Crippen LogP contribution < -0.4 is 0 Å². The van der Waals surface area contributed by atoms with Gasteiger partial charge in [-0.25, -0.2) is 0 Å². The van der Waals surface area contributed by atoms with E-state index in [1.165, 1.54) is 0 Å². The van der Waals surface area contributed by atoms with Crippen molar-refractivity contribution in [1.82, 2.24) is 0 Å². The van der Waals surface area contributed by atoms with Gasteiger partial charge >= 0.3 is 11.9 Å². The van der Waals surface area contributed by atoms with Crippen LogP contribution in [0.4, 0.5) is 0 Å². The van der Waals surface area contributed by atoms with Crippen LogP contribution in [0.1, 0.15) is 42.9 Å². The maximum atomic E-state index is 13.4. The predicted molar refractivity (Wildman–Crippen MR) is 109 cm³/mol. The van der Waals surface area contributed by atoms with E-state index in [9.17, 15) is 9.59 Å². The molecule has 0 N–H and O–H groups in total. The third-order valence-electron chi connectivity index (χ3n) is 5.26. The molecule has 0 saturated carbocycles. The van der Waals surface area contributed by atoms with Gasteiger partial charge in [-0.1, -0.05) is 66.2 Å². The van der Waals surface area contributed by atoms with Gasteiger partial charge in [0.25, 0.3) is 0 Å². The molecule has 4 nitrogen and oxygen atoms in total. The topological polar surface area (TPSA) is 52.6 Å². The lowest BCUT2D eigenvalue weighted by molar-refractivity contribution is -0.168. The third kappa shape index (κ3) is 3.35. The van der Waals surface area contributed by atoms with Gasteiger partial charge in [-0.3, -0.25) is 9.59 Å². The highest BCUT2D eigenvalue weighted by Gasteiger charge is 2.60. The number of esters is 2.